The fourth-order valence-electron chi connectivity index (χ4n) is 3.05. The molecule has 1 aliphatic heterocycles. The molecule has 2 atom stereocenters. The molecule has 1 heterocycles. The van der Waals surface area contributed by atoms with Gasteiger partial charge in [0.15, 0.2) is 0 Å². The highest BCUT2D eigenvalue weighted by Gasteiger charge is 2.32. The quantitative estimate of drug-likeness (QED) is 0.884. The van der Waals surface area contributed by atoms with Crippen LogP contribution >= 0.6 is 15.9 Å². The first-order chi connectivity index (χ1) is 9.43. The largest absolute Gasteiger partial charge is 0.326 e. The Bertz CT molecular complexity index is 434. The molecule has 3 heteroatoms. The third-order valence-electron chi connectivity index (χ3n) is 4.61. The van der Waals surface area contributed by atoms with Crippen molar-refractivity contribution in [3.8, 4) is 0 Å². The number of likely N-dealkylation sites (tertiary alicyclic amines) is 1. The number of rotatable bonds is 4. The Morgan fingerprint density at radius 3 is 2.50 bits per heavy atom. The number of benzene rings is 1. The van der Waals surface area contributed by atoms with Crippen LogP contribution in [0.15, 0.2) is 28.7 Å². The smallest absolute Gasteiger partial charge is 0.0499 e. The van der Waals surface area contributed by atoms with Crippen molar-refractivity contribution < 1.29 is 0 Å². The van der Waals surface area contributed by atoms with Gasteiger partial charge in [-0.2, -0.15) is 0 Å². The van der Waals surface area contributed by atoms with Gasteiger partial charge in [-0.3, -0.25) is 4.90 Å². The molecule has 1 saturated heterocycles. The summed E-state index contributed by atoms with van der Waals surface area (Å²) in [7, 11) is 0. The highest BCUT2D eigenvalue weighted by Crippen LogP contribution is 2.35. The van der Waals surface area contributed by atoms with E-state index in [2.05, 4.69) is 65.9 Å². The van der Waals surface area contributed by atoms with Crippen molar-refractivity contribution in [3.05, 3.63) is 34.3 Å². The Hall–Kier alpha value is -0.380. The standard InChI is InChI=1S/C17H27BrN2/c1-4-15(19)16(13-6-5-7-14(18)12-13)20-10-8-17(2,3)9-11-20/h5-7,12,15-16H,4,8-11,19H2,1-3H3. The van der Waals surface area contributed by atoms with Crippen molar-refractivity contribution in [2.45, 2.75) is 52.1 Å². The van der Waals surface area contributed by atoms with Gasteiger partial charge in [0.25, 0.3) is 0 Å². The summed E-state index contributed by atoms with van der Waals surface area (Å²) in [6, 6.07) is 9.17. The Morgan fingerprint density at radius 1 is 1.30 bits per heavy atom. The van der Waals surface area contributed by atoms with Gasteiger partial charge in [0, 0.05) is 16.6 Å². The van der Waals surface area contributed by atoms with Gasteiger partial charge < -0.3 is 5.73 Å². The van der Waals surface area contributed by atoms with Crippen LogP contribution in [-0.2, 0) is 0 Å². The van der Waals surface area contributed by atoms with Gasteiger partial charge >= 0.3 is 0 Å². The van der Waals surface area contributed by atoms with Crippen molar-refractivity contribution in [1.29, 1.82) is 0 Å². The number of piperidine rings is 1. The van der Waals surface area contributed by atoms with E-state index in [1.165, 1.54) is 18.4 Å². The monoisotopic (exact) mass is 338 g/mol. The zero-order valence-corrected chi connectivity index (χ0v) is 14.5. The molecule has 2 rings (SSSR count). The van der Waals surface area contributed by atoms with Gasteiger partial charge in [-0.25, -0.2) is 0 Å². The molecule has 2 nitrogen and oxygen atoms in total. The van der Waals surface area contributed by atoms with Gasteiger partial charge in [0.1, 0.15) is 0 Å². The first-order valence-corrected chi connectivity index (χ1v) is 8.47. The second-order valence-corrected chi connectivity index (χ2v) is 7.69. The molecular weight excluding hydrogens is 312 g/mol. The molecule has 20 heavy (non-hydrogen) atoms. The van der Waals surface area contributed by atoms with E-state index in [-0.39, 0.29) is 6.04 Å². The van der Waals surface area contributed by atoms with E-state index < -0.39 is 0 Å². The van der Waals surface area contributed by atoms with Crippen LogP contribution in [-0.4, -0.2) is 24.0 Å². The molecule has 0 saturated carbocycles. The van der Waals surface area contributed by atoms with Crippen LogP contribution in [0.2, 0.25) is 0 Å². The number of halogens is 1. The maximum Gasteiger partial charge on any atom is 0.0499 e. The Balaban J connectivity index is 2.21. The Kier molecular flexibility index (Phi) is 5.27. The average Bonchev–Trinajstić information content (AvgIpc) is 2.41. The molecule has 1 fully saturated rings. The highest BCUT2D eigenvalue weighted by atomic mass is 79.9. The Labute approximate surface area is 131 Å². The third-order valence-corrected chi connectivity index (χ3v) is 5.11. The van der Waals surface area contributed by atoms with Crippen LogP contribution in [0.1, 0.15) is 51.6 Å². The summed E-state index contributed by atoms with van der Waals surface area (Å²) in [5, 5.41) is 0. The molecule has 112 valence electrons. The predicted molar refractivity (Wildman–Crippen MR) is 89.7 cm³/mol. The molecule has 0 spiro atoms. The summed E-state index contributed by atoms with van der Waals surface area (Å²) >= 11 is 3.58. The molecule has 1 aliphatic rings. The number of hydrogen-bond donors (Lipinski definition) is 1. The number of nitrogens with two attached hydrogens (primary N) is 1. The number of nitrogens with zero attached hydrogens (tertiary/aromatic N) is 1. The first kappa shape index (κ1) is 16.0. The van der Waals surface area contributed by atoms with Crippen molar-refractivity contribution in [1.82, 2.24) is 4.90 Å². The van der Waals surface area contributed by atoms with Crippen molar-refractivity contribution >= 4 is 15.9 Å². The maximum atomic E-state index is 6.44. The van der Waals surface area contributed by atoms with Crippen LogP contribution < -0.4 is 5.73 Å². The first-order valence-electron chi connectivity index (χ1n) is 7.68. The highest BCUT2D eigenvalue weighted by molar-refractivity contribution is 9.10. The zero-order chi connectivity index (χ0) is 14.8. The average molecular weight is 339 g/mol. The Morgan fingerprint density at radius 2 is 1.95 bits per heavy atom. The SMILES string of the molecule is CCC(N)C(c1cccc(Br)c1)N1CCC(C)(C)CC1. The van der Waals surface area contributed by atoms with E-state index in [0.717, 1.165) is 24.0 Å². The summed E-state index contributed by atoms with van der Waals surface area (Å²) in [5.74, 6) is 0. The minimum Gasteiger partial charge on any atom is -0.326 e. The van der Waals surface area contributed by atoms with Gasteiger partial charge in [-0.05, 0) is 55.5 Å². The maximum absolute atomic E-state index is 6.44. The lowest BCUT2D eigenvalue weighted by atomic mass is 9.81. The molecule has 2 unspecified atom stereocenters. The van der Waals surface area contributed by atoms with Gasteiger partial charge in [0.05, 0.1) is 0 Å². The summed E-state index contributed by atoms with van der Waals surface area (Å²) in [6.07, 6.45) is 3.53. The van der Waals surface area contributed by atoms with Crippen LogP contribution in [0.25, 0.3) is 0 Å². The van der Waals surface area contributed by atoms with E-state index in [1.807, 2.05) is 0 Å². The molecule has 0 bridgehead atoms. The summed E-state index contributed by atoms with van der Waals surface area (Å²) in [4.78, 5) is 2.58. The fourth-order valence-corrected chi connectivity index (χ4v) is 3.47. The summed E-state index contributed by atoms with van der Waals surface area (Å²) in [6.45, 7) is 9.23. The van der Waals surface area contributed by atoms with Crippen molar-refractivity contribution in [2.75, 3.05) is 13.1 Å². The van der Waals surface area contributed by atoms with E-state index in [9.17, 15) is 0 Å². The van der Waals surface area contributed by atoms with Crippen LogP contribution in [0.3, 0.4) is 0 Å². The third kappa shape index (κ3) is 3.84. The lowest BCUT2D eigenvalue weighted by Crippen LogP contribution is -2.46. The lowest BCUT2D eigenvalue weighted by Gasteiger charge is -2.43. The van der Waals surface area contributed by atoms with E-state index in [4.69, 9.17) is 5.73 Å². The predicted octanol–water partition coefficient (Wildman–Crippen LogP) is 4.35. The fraction of sp³-hybridized carbons (Fsp3) is 0.647. The van der Waals surface area contributed by atoms with Crippen LogP contribution in [0, 0.1) is 5.41 Å². The second-order valence-electron chi connectivity index (χ2n) is 6.77. The molecule has 0 aromatic heterocycles. The molecule has 0 aliphatic carbocycles. The number of hydrogen-bond acceptors (Lipinski definition) is 2. The molecule has 1 aromatic carbocycles. The van der Waals surface area contributed by atoms with Gasteiger partial charge in [-0.1, -0.05) is 48.8 Å². The van der Waals surface area contributed by atoms with Gasteiger partial charge in [0.2, 0.25) is 0 Å². The normalized spacial score (nSPS) is 22.4. The second kappa shape index (κ2) is 6.59. The molecule has 2 N–H and O–H groups in total. The van der Waals surface area contributed by atoms with E-state index >= 15 is 0 Å². The van der Waals surface area contributed by atoms with Crippen LogP contribution in [0.5, 0.6) is 0 Å². The molecular formula is C17H27BrN2. The zero-order valence-electron chi connectivity index (χ0n) is 12.9. The van der Waals surface area contributed by atoms with Crippen molar-refractivity contribution in [3.63, 3.8) is 0 Å². The van der Waals surface area contributed by atoms with Crippen LogP contribution in [0.4, 0.5) is 0 Å². The summed E-state index contributed by atoms with van der Waals surface area (Å²) in [5.41, 5.74) is 8.26. The van der Waals surface area contributed by atoms with E-state index in [0.29, 0.717) is 11.5 Å². The molecule has 0 radical (unpaired) electrons. The van der Waals surface area contributed by atoms with Crippen molar-refractivity contribution in [2.24, 2.45) is 11.1 Å². The topological polar surface area (TPSA) is 29.3 Å². The minimum atomic E-state index is 0.200. The van der Waals surface area contributed by atoms with E-state index in [1.54, 1.807) is 0 Å². The lowest BCUT2D eigenvalue weighted by molar-refractivity contribution is 0.0809. The van der Waals surface area contributed by atoms with Gasteiger partial charge in [-0.15, -0.1) is 0 Å². The summed E-state index contributed by atoms with van der Waals surface area (Å²) < 4.78 is 1.14. The molecule has 1 aromatic rings. The minimum absolute atomic E-state index is 0.200. The molecule has 0 amide bonds.